The largest absolute Gasteiger partial charge is 0.333 e. The number of anilines is 1. The second-order valence-corrected chi connectivity index (χ2v) is 6.24. The molecule has 1 aliphatic rings. The molecule has 0 saturated carbocycles. The minimum Gasteiger partial charge on any atom is -0.333 e. The fraction of sp³-hybridized carbons (Fsp3) is 0.529. The molecule has 1 unspecified atom stereocenters. The molecule has 0 aliphatic carbocycles. The summed E-state index contributed by atoms with van der Waals surface area (Å²) in [5, 5.41) is 5.29. The highest BCUT2D eigenvalue weighted by Gasteiger charge is 2.32. The zero-order valence-corrected chi connectivity index (χ0v) is 15.5. The van der Waals surface area contributed by atoms with Crippen molar-refractivity contribution in [3.63, 3.8) is 0 Å². The topological polar surface area (TPSA) is 61.4 Å². The van der Waals surface area contributed by atoms with E-state index in [1.165, 1.54) is 4.90 Å². The molecule has 2 rings (SSSR count). The van der Waals surface area contributed by atoms with Crippen LogP contribution in [0.4, 0.5) is 18.9 Å². The second-order valence-electron chi connectivity index (χ2n) is 6.24. The van der Waals surface area contributed by atoms with Gasteiger partial charge in [0.05, 0.1) is 12.2 Å². The summed E-state index contributed by atoms with van der Waals surface area (Å²) in [6.45, 7) is 5.34. The Labute approximate surface area is 156 Å². The highest BCUT2D eigenvalue weighted by molar-refractivity contribution is 5.95. The Bertz CT molecular complexity index is 656. The van der Waals surface area contributed by atoms with Gasteiger partial charge >= 0.3 is 0 Å². The minimum absolute atomic E-state index is 0. The van der Waals surface area contributed by atoms with Crippen molar-refractivity contribution < 1.29 is 22.8 Å². The Kier molecular flexibility index (Phi) is 8.36. The normalized spacial score (nSPS) is 14.8. The van der Waals surface area contributed by atoms with Crippen LogP contribution >= 0.6 is 12.4 Å². The Balaban J connectivity index is 0.00000338. The maximum atomic E-state index is 13.6. The third kappa shape index (κ3) is 5.11. The molecule has 0 bridgehead atoms. The Morgan fingerprint density at radius 1 is 1.27 bits per heavy atom. The zero-order valence-electron chi connectivity index (χ0n) is 14.7. The van der Waals surface area contributed by atoms with Gasteiger partial charge in [-0.25, -0.2) is 13.2 Å². The van der Waals surface area contributed by atoms with Crippen LogP contribution in [0.1, 0.15) is 20.3 Å². The number of benzene rings is 1. The summed E-state index contributed by atoms with van der Waals surface area (Å²) in [6.07, 6.45) is 0.661. The molecule has 9 heteroatoms. The van der Waals surface area contributed by atoms with Crippen molar-refractivity contribution in [3.05, 3.63) is 29.6 Å². The SMILES string of the molecule is CCCN(CC(=O)Nc1ccc(F)c(F)c1F)C(=O)C(C)C1CNC1.Cl. The summed E-state index contributed by atoms with van der Waals surface area (Å²) in [5.41, 5.74) is -0.455. The van der Waals surface area contributed by atoms with Crippen LogP contribution in [0.15, 0.2) is 12.1 Å². The van der Waals surface area contributed by atoms with E-state index in [1.807, 2.05) is 13.8 Å². The maximum absolute atomic E-state index is 13.6. The third-order valence-corrected chi connectivity index (χ3v) is 4.36. The van der Waals surface area contributed by atoms with E-state index in [0.29, 0.717) is 13.0 Å². The molecule has 1 atom stereocenters. The standard InChI is InChI=1S/C17H22F3N3O2.ClH/c1-3-6-23(17(25)10(2)11-7-21-8-11)9-14(24)22-13-5-4-12(18)15(19)16(13)20;/h4-5,10-11,21H,3,6-9H2,1-2H3,(H,22,24);1H. The van der Waals surface area contributed by atoms with Gasteiger partial charge in [-0.2, -0.15) is 0 Å². The summed E-state index contributed by atoms with van der Waals surface area (Å²) in [5.74, 6) is -5.23. The predicted octanol–water partition coefficient (Wildman–Crippen LogP) is 2.56. The van der Waals surface area contributed by atoms with Gasteiger partial charge in [0, 0.05) is 12.5 Å². The molecule has 1 heterocycles. The Hall–Kier alpha value is -1.80. The van der Waals surface area contributed by atoms with Crippen LogP contribution in [-0.2, 0) is 9.59 Å². The van der Waals surface area contributed by atoms with Crippen LogP contribution in [0.2, 0.25) is 0 Å². The monoisotopic (exact) mass is 393 g/mol. The van der Waals surface area contributed by atoms with E-state index >= 15 is 0 Å². The van der Waals surface area contributed by atoms with Gasteiger partial charge in [0.2, 0.25) is 11.8 Å². The van der Waals surface area contributed by atoms with Crippen LogP contribution < -0.4 is 10.6 Å². The number of rotatable bonds is 7. The number of nitrogens with zero attached hydrogens (tertiary/aromatic N) is 1. The fourth-order valence-corrected chi connectivity index (χ4v) is 2.68. The number of hydrogen-bond donors (Lipinski definition) is 2. The molecule has 2 N–H and O–H groups in total. The maximum Gasteiger partial charge on any atom is 0.244 e. The lowest BCUT2D eigenvalue weighted by molar-refractivity contribution is -0.140. The van der Waals surface area contributed by atoms with Gasteiger partial charge in [-0.05, 0) is 37.6 Å². The molecule has 1 aliphatic heterocycles. The molecule has 5 nitrogen and oxygen atoms in total. The first-order valence-corrected chi connectivity index (χ1v) is 8.28. The average molecular weight is 394 g/mol. The first kappa shape index (κ1) is 22.2. The molecule has 26 heavy (non-hydrogen) atoms. The third-order valence-electron chi connectivity index (χ3n) is 4.36. The van der Waals surface area contributed by atoms with Crippen molar-refractivity contribution in [2.75, 3.05) is 31.5 Å². The lowest BCUT2D eigenvalue weighted by atomic mass is 9.88. The van der Waals surface area contributed by atoms with Crippen molar-refractivity contribution in [1.82, 2.24) is 10.2 Å². The van der Waals surface area contributed by atoms with Gasteiger partial charge in [-0.1, -0.05) is 13.8 Å². The van der Waals surface area contributed by atoms with Crippen molar-refractivity contribution in [2.45, 2.75) is 20.3 Å². The predicted molar refractivity (Wildman–Crippen MR) is 94.6 cm³/mol. The fourth-order valence-electron chi connectivity index (χ4n) is 2.68. The van der Waals surface area contributed by atoms with Crippen LogP contribution in [0, 0.1) is 29.3 Å². The van der Waals surface area contributed by atoms with Crippen LogP contribution in [0.25, 0.3) is 0 Å². The van der Waals surface area contributed by atoms with E-state index in [9.17, 15) is 22.8 Å². The summed E-state index contributed by atoms with van der Waals surface area (Å²) in [7, 11) is 0. The summed E-state index contributed by atoms with van der Waals surface area (Å²) in [4.78, 5) is 26.1. The number of halogens is 4. The van der Waals surface area contributed by atoms with Crippen LogP contribution in [0.3, 0.4) is 0 Å². The lowest BCUT2D eigenvalue weighted by Crippen LogP contribution is -2.51. The molecule has 1 fully saturated rings. The van der Waals surface area contributed by atoms with E-state index in [2.05, 4.69) is 10.6 Å². The molecule has 0 aromatic heterocycles. The number of amides is 2. The number of carbonyl (C=O) groups is 2. The van der Waals surface area contributed by atoms with E-state index in [-0.39, 0.29) is 36.7 Å². The van der Waals surface area contributed by atoms with Crippen molar-refractivity contribution in [1.29, 1.82) is 0 Å². The number of hydrogen-bond acceptors (Lipinski definition) is 3. The van der Waals surface area contributed by atoms with Gasteiger partial charge in [-0.15, -0.1) is 12.4 Å². The number of nitrogens with one attached hydrogen (secondary N) is 2. The van der Waals surface area contributed by atoms with Crippen LogP contribution in [0.5, 0.6) is 0 Å². The molecule has 146 valence electrons. The van der Waals surface area contributed by atoms with Gasteiger partial charge in [0.15, 0.2) is 17.5 Å². The minimum atomic E-state index is -1.65. The molecular formula is C17H23ClF3N3O2. The second kappa shape index (κ2) is 9.78. The van der Waals surface area contributed by atoms with Crippen molar-refractivity contribution in [2.24, 2.45) is 11.8 Å². The molecule has 0 spiro atoms. The molecule has 1 saturated heterocycles. The first-order chi connectivity index (χ1) is 11.8. The summed E-state index contributed by atoms with van der Waals surface area (Å²) < 4.78 is 39.8. The highest BCUT2D eigenvalue weighted by atomic mass is 35.5. The van der Waals surface area contributed by atoms with Crippen molar-refractivity contribution >= 4 is 29.9 Å². The molecular weight excluding hydrogens is 371 g/mol. The smallest absolute Gasteiger partial charge is 0.244 e. The van der Waals surface area contributed by atoms with Crippen LogP contribution in [-0.4, -0.2) is 42.9 Å². The summed E-state index contributed by atoms with van der Waals surface area (Å²) in [6, 6.07) is 1.68. The molecule has 0 radical (unpaired) electrons. The number of carbonyl (C=O) groups excluding carboxylic acids is 2. The van der Waals surface area contributed by atoms with E-state index in [4.69, 9.17) is 0 Å². The Morgan fingerprint density at radius 2 is 1.92 bits per heavy atom. The van der Waals surface area contributed by atoms with Gasteiger partial charge in [0.25, 0.3) is 0 Å². The van der Waals surface area contributed by atoms with Crippen molar-refractivity contribution in [3.8, 4) is 0 Å². The molecule has 1 aromatic carbocycles. The lowest BCUT2D eigenvalue weighted by Gasteiger charge is -2.34. The van der Waals surface area contributed by atoms with E-state index in [1.54, 1.807) is 0 Å². The Morgan fingerprint density at radius 3 is 2.46 bits per heavy atom. The van der Waals surface area contributed by atoms with E-state index in [0.717, 1.165) is 25.2 Å². The zero-order chi connectivity index (χ0) is 18.6. The average Bonchev–Trinajstić information content (AvgIpc) is 2.52. The quantitative estimate of drug-likeness (QED) is 0.700. The molecule has 1 aromatic rings. The van der Waals surface area contributed by atoms with Gasteiger partial charge in [-0.3, -0.25) is 9.59 Å². The first-order valence-electron chi connectivity index (χ1n) is 8.28. The van der Waals surface area contributed by atoms with E-state index < -0.39 is 29.0 Å². The van der Waals surface area contributed by atoms with Gasteiger partial charge in [0.1, 0.15) is 0 Å². The summed E-state index contributed by atoms with van der Waals surface area (Å²) >= 11 is 0. The van der Waals surface area contributed by atoms with Gasteiger partial charge < -0.3 is 15.5 Å². The highest BCUT2D eigenvalue weighted by Crippen LogP contribution is 2.21. The molecule has 2 amide bonds.